The first-order valence-corrected chi connectivity index (χ1v) is 5.45. The van der Waals surface area contributed by atoms with Crippen LogP contribution in [0.2, 0.25) is 0 Å². The van der Waals surface area contributed by atoms with Crippen molar-refractivity contribution in [2.24, 2.45) is 0 Å². The molecule has 5 heteroatoms. The summed E-state index contributed by atoms with van der Waals surface area (Å²) in [6.07, 6.45) is 0. The zero-order valence-electron chi connectivity index (χ0n) is 10.3. The number of hydrogen-bond acceptors (Lipinski definition) is 5. The second-order valence-electron chi connectivity index (χ2n) is 3.54. The zero-order chi connectivity index (χ0) is 12.8. The Morgan fingerprint density at radius 3 is 2.82 bits per heavy atom. The third-order valence-electron chi connectivity index (χ3n) is 2.30. The monoisotopic (exact) mass is 238 g/mol. The van der Waals surface area contributed by atoms with Crippen molar-refractivity contribution < 1.29 is 14.3 Å². The van der Waals surface area contributed by atoms with Crippen LogP contribution in [-0.4, -0.2) is 25.7 Å². The van der Waals surface area contributed by atoms with Crippen LogP contribution in [0.15, 0.2) is 18.2 Å². The number of ether oxygens (including phenoxy) is 2. The van der Waals surface area contributed by atoms with Crippen molar-refractivity contribution >= 4 is 17.3 Å². The average Bonchev–Trinajstić information content (AvgIpc) is 2.32. The Labute approximate surface area is 101 Å². The maximum atomic E-state index is 11.5. The van der Waals surface area contributed by atoms with E-state index in [0.717, 1.165) is 0 Å². The Bertz CT molecular complexity index is 393. The summed E-state index contributed by atoms with van der Waals surface area (Å²) in [4.78, 5) is 11.5. The van der Waals surface area contributed by atoms with Crippen LogP contribution in [0.1, 0.15) is 13.8 Å². The van der Waals surface area contributed by atoms with Crippen LogP contribution in [0.25, 0.3) is 0 Å². The number of hydrogen-bond donors (Lipinski definition) is 2. The van der Waals surface area contributed by atoms with Gasteiger partial charge in [0.1, 0.15) is 11.8 Å². The van der Waals surface area contributed by atoms with Gasteiger partial charge < -0.3 is 20.5 Å². The average molecular weight is 238 g/mol. The molecule has 0 saturated heterocycles. The van der Waals surface area contributed by atoms with Crippen LogP contribution >= 0.6 is 0 Å². The van der Waals surface area contributed by atoms with Crippen molar-refractivity contribution in [2.45, 2.75) is 19.9 Å². The lowest BCUT2D eigenvalue weighted by Crippen LogP contribution is -2.28. The number of anilines is 2. The number of nitrogens with two attached hydrogens (primary N) is 1. The van der Waals surface area contributed by atoms with Crippen LogP contribution in [0, 0.1) is 0 Å². The van der Waals surface area contributed by atoms with Gasteiger partial charge in [-0.2, -0.15) is 0 Å². The van der Waals surface area contributed by atoms with Gasteiger partial charge in [0, 0.05) is 0 Å². The van der Waals surface area contributed by atoms with Gasteiger partial charge >= 0.3 is 5.97 Å². The fourth-order valence-corrected chi connectivity index (χ4v) is 1.41. The highest BCUT2D eigenvalue weighted by Gasteiger charge is 2.15. The largest absolute Gasteiger partial charge is 0.495 e. The Kier molecular flexibility index (Phi) is 4.63. The molecule has 0 aliphatic carbocycles. The van der Waals surface area contributed by atoms with Gasteiger partial charge in [0.15, 0.2) is 0 Å². The molecule has 0 heterocycles. The molecule has 94 valence electrons. The smallest absolute Gasteiger partial charge is 0.328 e. The second-order valence-corrected chi connectivity index (χ2v) is 3.54. The van der Waals surface area contributed by atoms with Crippen LogP contribution < -0.4 is 15.8 Å². The lowest BCUT2D eigenvalue weighted by Gasteiger charge is -2.16. The molecule has 0 spiro atoms. The third kappa shape index (κ3) is 3.27. The summed E-state index contributed by atoms with van der Waals surface area (Å²) in [7, 11) is 1.55. The molecule has 0 amide bonds. The number of carbonyl (C=O) groups is 1. The van der Waals surface area contributed by atoms with Gasteiger partial charge in [0.2, 0.25) is 0 Å². The molecule has 0 aliphatic rings. The summed E-state index contributed by atoms with van der Waals surface area (Å²) >= 11 is 0. The fourth-order valence-electron chi connectivity index (χ4n) is 1.41. The highest BCUT2D eigenvalue weighted by molar-refractivity contribution is 5.82. The van der Waals surface area contributed by atoms with Crippen LogP contribution in [0.5, 0.6) is 5.75 Å². The van der Waals surface area contributed by atoms with Gasteiger partial charge in [-0.15, -0.1) is 0 Å². The molecule has 0 fully saturated rings. The highest BCUT2D eigenvalue weighted by atomic mass is 16.5. The molecular weight excluding hydrogens is 220 g/mol. The molecule has 1 atom stereocenters. The number of nitrogen functional groups attached to an aromatic ring is 1. The molecule has 3 N–H and O–H groups in total. The number of carbonyl (C=O) groups excluding carboxylic acids is 1. The Morgan fingerprint density at radius 2 is 2.24 bits per heavy atom. The number of esters is 1. The third-order valence-corrected chi connectivity index (χ3v) is 2.30. The van der Waals surface area contributed by atoms with E-state index in [-0.39, 0.29) is 5.97 Å². The van der Waals surface area contributed by atoms with Gasteiger partial charge in [0.25, 0.3) is 0 Å². The van der Waals surface area contributed by atoms with Crippen molar-refractivity contribution in [3.05, 3.63) is 18.2 Å². The van der Waals surface area contributed by atoms with E-state index in [4.69, 9.17) is 15.2 Å². The summed E-state index contributed by atoms with van der Waals surface area (Å²) in [6, 6.07) is 4.89. The van der Waals surface area contributed by atoms with E-state index in [1.54, 1.807) is 39.2 Å². The molecule has 1 aromatic rings. The van der Waals surface area contributed by atoms with Gasteiger partial charge in [-0.05, 0) is 26.0 Å². The molecule has 17 heavy (non-hydrogen) atoms. The summed E-state index contributed by atoms with van der Waals surface area (Å²) in [5, 5.41) is 2.99. The Balaban J connectivity index is 2.78. The van der Waals surface area contributed by atoms with E-state index in [1.807, 2.05) is 0 Å². The fraction of sp³-hybridized carbons (Fsp3) is 0.417. The predicted molar refractivity (Wildman–Crippen MR) is 67.1 cm³/mol. The predicted octanol–water partition coefficient (Wildman–Crippen LogP) is 1.64. The summed E-state index contributed by atoms with van der Waals surface area (Å²) in [5.74, 6) is 0.265. The molecule has 0 saturated carbocycles. The van der Waals surface area contributed by atoms with Crippen LogP contribution in [0.4, 0.5) is 11.4 Å². The van der Waals surface area contributed by atoms with Crippen molar-refractivity contribution in [3.8, 4) is 5.75 Å². The Hall–Kier alpha value is -1.91. The maximum Gasteiger partial charge on any atom is 0.328 e. The zero-order valence-corrected chi connectivity index (χ0v) is 10.3. The molecule has 5 nitrogen and oxygen atoms in total. The molecule has 0 bridgehead atoms. The molecular formula is C12H18N2O3. The first-order chi connectivity index (χ1) is 8.10. The van der Waals surface area contributed by atoms with E-state index < -0.39 is 6.04 Å². The van der Waals surface area contributed by atoms with E-state index in [9.17, 15) is 4.79 Å². The minimum atomic E-state index is -0.454. The van der Waals surface area contributed by atoms with Gasteiger partial charge in [-0.3, -0.25) is 0 Å². The quantitative estimate of drug-likeness (QED) is 0.602. The van der Waals surface area contributed by atoms with Crippen molar-refractivity contribution in [2.75, 3.05) is 24.8 Å². The lowest BCUT2D eigenvalue weighted by molar-refractivity contribution is -0.143. The van der Waals surface area contributed by atoms with Crippen molar-refractivity contribution in [1.82, 2.24) is 0 Å². The molecule has 1 unspecified atom stereocenters. The highest BCUT2D eigenvalue weighted by Crippen LogP contribution is 2.29. The van der Waals surface area contributed by atoms with Gasteiger partial charge in [-0.25, -0.2) is 4.79 Å². The SMILES string of the molecule is CCOC(=O)C(C)Nc1cccc(OC)c1N. The Morgan fingerprint density at radius 1 is 1.53 bits per heavy atom. The summed E-state index contributed by atoms with van der Waals surface area (Å²) in [5.41, 5.74) is 7.01. The normalized spacial score (nSPS) is 11.7. The molecule has 0 radical (unpaired) electrons. The minimum Gasteiger partial charge on any atom is -0.495 e. The van der Waals surface area contributed by atoms with E-state index >= 15 is 0 Å². The number of rotatable bonds is 5. The first-order valence-electron chi connectivity index (χ1n) is 5.45. The van der Waals surface area contributed by atoms with Crippen molar-refractivity contribution in [3.63, 3.8) is 0 Å². The summed E-state index contributed by atoms with van der Waals surface area (Å²) in [6.45, 7) is 3.85. The number of nitrogens with one attached hydrogen (secondary N) is 1. The van der Waals surface area contributed by atoms with Crippen LogP contribution in [0.3, 0.4) is 0 Å². The van der Waals surface area contributed by atoms with Crippen LogP contribution in [-0.2, 0) is 9.53 Å². The second kappa shape index (κ2) is 5.98. The molecule has 1 aromatic carbocycles. The van der Waals surface area contributed by atoms with E-state index in [1.165, 1.54) is 0 Å². The number of methoxy groups -OCH3 is 1. The lowest BCUT2D eigenvalue weighted by atomic mass is 10.2. The van der Waals surface area contributed by atoms with Crippen molar-refractivity contribution in [1.29, 1.82) is 0 Å². The van der Waals surface area contributed by atoms with E-state index in [2.05, 4.69) is 5.32 Å². The van der Waals surface area contributed by atoms with Gasteiger partial charge in [-0.1, -0.05) is 6.07 Å². The summed E-state index contributed by atoms with van der Waals surface area (Å²) < 4.78 is 9.99. The topological polar surface area (TPSA) is 73.6 Å². The molecule has 0 aromatic heterocycles. The molecule has 1 rings (SSSR count). The minimum absolute atomic E-state index is 0.310. The first kappa shape index (κ1) is 13.2. The van der Waals surface area contributed by atoms with Gasteiger partial charge in [0.05, 0.1) is 25.1 Å². The maximum absolute atomic E-state index is 11.5. The number of para-hydroxylation sites is 1. The standard InChI is InChI=1S/C12H18N2O3/c1-4-17-12(15)8(2)14-9-6-5-7-10(16-3)11(9)13/h5-8,14H,4,13H2,1-3H3. The van der Waals surface area contributed by atoms with E-state index in [0.29, 0.717) is 23.7 Å². The molecule has 0 aliphatic heterocycles. The number of benzene rings is 1.